The van der Waals surface area contributed by atoms with E-state index in [0.717, 1.165) is 5.52 Å². The van der Waals surface area contributed by atoms with Gasteiger partial charge in [-0.15, -0.1) is 0 Å². The third-order valence-corrected chi connectivity index (χ3v) is 3.87. The Balaban J connectivity index is 2.09. The normalized spacial score (nSPS) is 11.0. The first-order chi connectivity index (χ1) is 10.5. The van der Waals surface area contributed by atoms with Crippen LogP contribution in [0.4, 0.5) is 10.9 Å². The molecule has 0 unspecified atom stereocenters. The highest BCUT2D eigenvalue weighted by molar-refractivity contribution is 7.22. The number of aryl methyl sites for hydroxylation is 1. The number of nitrogens with zero attached hydrogens (tertiary/aromatic N) is 4. The lowest BCUT2D eigenvalue weighted by Crippen LogP contribution is -2.15. The summed E-state index contributed by atoms with van der Waals surface area (Å²) in [6.07, 6.45) is 1.06. The van der Waals surface area contributed by atoms with E-state index in [0.29, 0.717) is 26.8 Å². The first-order valence-corrected chi connectivity index (χ1v) is 7.12. The number of carbonyl (C=O) groups is 2. The first-order valence-electron chi connectivity index (χ1n) is 6.30. The molecule has 3 rings (SSSR count). The molecule has 0 bridgehead atoms. The molecule has 114 valence electrons. The zero-order valence-electron chi connectivity index (χ0n) is 11.7. The van der Waals surface area contributed by atoms with Crippen LogP contribution in [0.1, 0.15) is 6.42 Å². The summed E-state index contributed by atoms with van der Waals surface area (Å²) in [7, 11) is 3.59. The number of nitrogens with one attached hydrogen (secondary N) is 2. The fourth-order valence-electron chi connectivity index (χ4n) is 2.11. The monoisotopic (exact) mass is 320 g/mol. The number of hydrogen-bond donors (Lipinski definition) is 3. The topological polar surface area (TPSA) is 122 Å². The second-order valence-corrected chi connectivity index (χ2v) is 5.53. The summed E-state index contributed by atoms with van der Waals surface area (Å²) in [6.45, 7) is 0. The highest BCUT2D eigenvalue weighted by Gasteiger charge is 2.17. The number of amides is 1. The molecule has 9 nitrogen and oxygen atoms in total. The van der Waals surface area contributed by atoms with Crippen molar-refractivity contribution in [1.29, 1.82) is 0 Å². The standard InChI is InChI=1S/C12H12N6O3S/c1-13-10-7-9(18(2)4-14-7)8-11(17-10)22-12(16-8)15-5(19)3-6(20)21/h4H,3H2,1-2H3,(H,13,17)(H,20,21)(H,15,16,19). The molecule has 3 N–H and O–H groups in total. The lowest BCUT2D eigenvalue weighted by molar-refractivity contribution is -0.139. The van der Waals surface area contributed by atoms with Gasteiger partial charge in [0.2, 0.25) is 5.91 Å². The smallest absolute Gasteiger partial charge is 0.312 e. The van der Waals surface area contributed by atoms with E-state index in [9.17, 15) is 9.59 Å². The van der Waals surface area contributed by atoms with Crippen LogP contribution in [0.3, 0.4) is 0 Å². The van der Waals surface area contributed by atoms with Crippen molar-refractivity contribution >= 4 is 55.5 Å². The fraction of sp³-hybridized carbons (Fsp3) is 0.250. The summed E-state index contributed by atoms with van der Waals surface area (Å²) in [5.74, 6) is -1.19. The Labute approximate surface area is 128 Å². The zero-order chi connectivity index (χ0) is 15.9. The number of thiazole rings is 1. The Morgan fingerprint density at radius 2 is 2.14 bits per heavy atom. The minimum Gasteiger partial charge on any atom is -0.481 e. The number of fused-ring (bicyclic) bond motifs is 3. The SMILES string of the molecule is CNc1nc2sc(NC(=O)CC(=O)O)nc2c2c1ncn2C. The number of rotatable bonds is 4. The molecule has 1 amide bonds. The Bertz CT molecular complexity index is 899. The average molecular weight is 320 g/mol. The molecule has 0 aliphatic carbocycles. The van der Waals surface area contributed by atoms with Crippen molar-refractivity contribution in [3.63, 3.8) is 0 Å². The summed E-state index contributed by atoms with van der Waals surface area (Å²) < 4.78 is 1.82. The van der Waals surface area contributed by atoms with E-state index in [2.05, 4.69) is 25.6 Å². The molecule has 0 spiro atoms. The number of carbonyl (C=O) groups excluding carboxylic acids is 1. The third kappa shape index (κ3) is 2.33. The molecule has 0 aromatic carbocycles. The van der Waals surface area contributed by atoms with Gasteiger partial charge in [0.1, 0.15) is 27.8 Å². The van der Waals surface area contributed by atoms with E-state index in [4.69, 9.17) is 5.11 Å². The Kier molecular flexibility index (Phi) is 3.37. The number of pyridine rings is 1. The van der Waals surface area contributed by atoms with Crippen molar-refractivity contribution in [3.8, 4) is 0 Å². The quantitative estimate of drug-likeness (QED) is 0.614. The summed E-state index contributed by atoms with van der Waals surface area (Å²) in [5.41, 5.74) is 2.10. The lowest BCUT2D eigenvalue weighted by Gasteiger charge is -2.01. The highest BCUT2D eigenvalue weighted by Crippen LogP contribution is 2.32. The number of anilines is 2. The van der Waals surface area contributed by atoms with Gasteiger partial charge in [-0.25, -0.2) is 15.0 Å². The minimum absolute atomic E-state index is 0.310. The van der Waals surface area contributed by atoms with Crippen LogP contribution < -0.4 is 10.6 Å². The molecule has 3 aromatic rings. The number of imidazole rings is 1. The minimum atomic E-state index is -1.19. The van der Waals surface area contributed by atoms with Crippen molar-refractivity contribution in [2.45, 2.75) is 6.42 Å². The van der Waals surface area contributed by atoms with Gasteiger partial charge in [-0.2, -0.15) is 0 Å². The van der Waals surface area contributed by atoms with Gasteiger partial charge in [0.05, 0.1) is 6.33 Å². The van der Waals surface area contributed by atoms with E-state index in [1.54, 1.807) is 13.4 Å². The Morgan fingerprint density at radius 1 is 1.36 bits per heavy atom. The van der Waals surface area contributed by atoms with Crippen molar-refractivity contribution in [1.82, 2.24) is 19.5 Å². The fourth-order valence-corrected chi connectivity index (χ4v) is 2.97. The van der Waals surface area contributed by atoms with E-state index in [-0.39, 0.29) is 0 Å². The largest absolute Gasteiger partial charge is 0.481 e. The van der Waals surface area contributed by atoms with E-state index >= 15 is 0 Å². The molecular weight excluding hydrogens is 308 g/mol. The van der Waals surface area contributed by atoms with E-state index in [1.165, 1.54) is 11.3 Å². The van der Waals surface area contributed by atoms with Crippen LogP contribution in [0.5, 0.6) is 0 Å². The molecule has 10 heteroatoms. The lowest BCUT2D eigenvalue weighted by atomic mass is 10.3. The molecule has 0 fully saturated rings. The number of carboxylic acids is 1. The van der Waals surface area contributed by atoms with Gasteiger partial charge in [-0.3, -0.25) is 9.59 Å². The van der Waals surface area contributed by atoms with Crippen LogP contribution in [0.25, 0.3) is 21.4 Å². The van der Waals surface area contributed by atoms with Crippen LogP contribution in [0.15, 0.2) is 6.33 Å². The third-order valence-electron chi connectivity index (χ3n) is 3.00. The van der Waals surface area contributed by atoms with Crippen LogP contribution in [0.2, 0.25) is 0 Å². The molecular formula is C12H12N6O3S. The zero-order valence-corrected chi connectivity index (χ0v) is 12.6. The average Bonchev–Trinajstić information content (AvgIpc) is 3.00. The predicted octanol–water partition coefficient (Wildman–Crippen LogP) is 1.03. The van der Waals surface area contributed by atoms with Crippen molar-refractivity contribution < 1.29 is 14.7 Å². The highest BCUT2D eigenvalue weighted by atomic mass is 32.1. The van der Waals surface area contributed by atoms with Gasteiger partial charge in [-0.05, 0) is 0 Å². The van der Waals surface area contributed by atoms with Gasteiger partial charge in [0, 0.05) is 14.1 Å². The Hall–Kier alpha value is -2.75. The van der Waals surface area contributed by atoms with E-state index in [1.807, 2.05) is 11.6 Å². The number of carboxylic acid groups (broad SMARTS) is 1. The molecule has 3 heterocycles. The molecule has 0 saturated heterocycles. The van der Waals surface area contributed by atoms with Crippen LogP contribution in [-0.4, -0.2) is 43.5 Å². The molecule has 3 aromatic heterocycles. The van der Waals surface area contributed by atoms with Crippen LogP contribution >= 0.6 is 11.3 Å². The van der Waals surface area contributed by atoms with Crippen molar-refractivity contribution in [2.75, 3.05) is 17.7 Å². The van der Waals surface area contributed by atoms with Gasteiger partial charge < -0.3 is 20.3 Å². The predicted molar refractivity (Wildman–Crippen MR) is 82.1 cm³/mol. The maximum absolute atomic E-state index is 11.5. The maximum atomic E-state index is 11.5. The van der Waals surface area contributed by atoms with E-state index < -0.39 is 18.3 Å². The Morgan fingerprint density at radius 3 is 2.82 bits per heavy atom. The van der Waals surface area contributed by atoms with Crippen molar-refractivity contribution in [2.24, 2.45) is 7.05 Å². The van der Waals surface area contributed by atoms with Crippen LogP contribution in [0, 0.1) is 0 Å². The van der Waals surface area contributed by atoms with Gasteiger partial charge in [0.15, 0.2) is 10.9 Å². The summed E-state index contributed by atoms with van der Waals surface area (Å²) >= 11 is 1.18. The van der Waals surface area contributed by atoms with Gasteiger partial charge in [0.25, 0.3) is 0 Å². The van der Waals surface area contributed by atoms with Crippen LogP contribution in [-0.2, 0) is 16.6 Å². The number of aromatic nitrogens is 4. The molecule has 0 aliphatic rings. The maximum Gasteiger partial charge on any atom is 0.312 e. The second kappa shape index (κ2) is 5.22. The van der Waals surface area contributed by atoms with Gasteiger partial charge in [-0.1, -0.05) is 11.3 Å². The molecule has 0 saturated carbocycles. The summed E-state index contributed by atoms with van der Waals surface area (Å²) in [5, 5.41) is 14.4. The molecule has 0 aliphatic heterocycles. The number of hydrogen-bond acceptors (Lipinski definition) is 7. The van der Waals surface area contributed by atoms with Gasteiger partial charge >= 0.3 is 5.97 Å². The molecule has 0 atom stereocenters. The number of aliphatic carboxylic acids is 1. The molecule has 22 heavy (non-hydrogen) atoms. The van der Waals surface area contributed by atoms with Crippen molar-refractivity contribution in [3.05, 3.63) is 6.33 Å². The summed E-state index contributed by atoms with van der Waals surface area (Å²) in [6, 6.07) is 0. The molecule has 0 radical (unpaired) electrons. The first kappa shape index (κ1) is 14.2. The second-order valence-electron chi connectivity index (χ2n) is 4.55. The summed E-state index contributed by atoms with van der Waals surface area (Å²) in [4.78, 5) is 35.7.